The predicted molar refractivity (Wildman–Crippen MR) is 156 cm³/mol. The highest BCUT2D eigenvalue weighted by molar-refractivity contribution is 7.80. The van der Waals surface area contributed by atoms with Crippen LogP contribution in [0.4, 0.5) is 11.4 Å². The molecule has 2 aromatic rings. The summed E-state index contributed by atoms with van der Waals surface area (Å²) < 4.78 is 0. The van der Waals surface area contributed by atoms with Crippen LogP contribution in [-0.2, 0) is 0 Å². The van der Waals surface area contributed by atoms with E-state index in [1.807, 2.05) is 6.92 Å². The van der Waals surface area contributed by atoms with Gasteiger partial charge in [-0.25, -0.2) is 0 Å². The van der Waals surface area contributed by atoms with Gasteiger partial charge in [-0.3, -0.25) is 0 Å². The van der Waals surface area contributed by atoms with E-state index in [0.29, 0.717) is 5.57 Å². The number of benzene rings is 2. The Labute approximate surface area is 222 Å². The fraction of sp³-hybridized carbons (Fsp3) is 0.448. The molecule has 4 rings (SSSR count). The molecule has 2 saturated heterocycles. The van der Waals surface area contributed by atoms with Crippen molar-refractivity contribution >= 4 is 28.6 Å². The topological polar surface area (TPSA) is 71.6 Å². The number of nitrogens with zero attached hydrogens (tertiary/aromatic N) is 4. The minimum absolute atomic E-state index is 0.180. The maximum absolute atomic E-state index is 9.22. The van der Waals surface area contributed by atoms with Gasteiger partial charge in [0, 0.05) is 62.9 Å². The highest BCUT2D eigenvalue weighted by Crippen LogP contribution is 2.20. The zero-order valence-electron chi connectivity index (χ0n) is 22.0. The van der Waals surface area contributed by atoms with E-state index in [1.165, 1.54) is 35.5 Å². The molecule has 6 nitrogen and oxygen atoms in total. The molecule has 0 amide bonds. The number of thiocarbonyl (C=S) groups is 1. The summed E-state index contributed by atoms with van der Waals surface area (Å²) in [4.78, 5) is 7.26. The number of hydrogen-bond acceptors (Lipinski definition) is 6. The Morgan fingerprint density at radius 2 is 1.47 bits per heavy atom. The molecule has 0 radical (unpaired) electrons. The molecular weight excluding hydrogens is 464 g/mol. The molecule has 2 aliphatic rings. The highest BCUT2D eigenvalue weighted by atomic mass is 32.1. The molecular formula is C29H40N6S. The minimum Gasteiger partial charge on any atom is -0.389 e. The van der Waals surface area contributed by atoms with Crippen LogP contribution in [0.5, 0.6) is 0 Å². The van der Waals surface area contributed by atoms with E-state index in [-0.39, 0.29) is 4.99 Å². The molecule has 0 aromatic heterocycles. The summed E-state index contributed by atoms with van der Waals surface area (Å²) >= 11 is 4.97. The monoisotopic (exact) mass is 504 g/mol. The van der Waals surface area contributed by atoms with E-state index < -0.39 is 0 Å². The van der Waals surface area contributed by atoms with Crippen LogP contribution in [0.3, 0.4) is 0 Å². The normalized spacial score (nSPS) is 17.1. The van der Waals surface area contributed by atoms with Crippen molar-refractivity contribution in [3.05, 3.63) is 70.9 Å². The van der Waals surface area contributed by atoms with Crippen LogP contribution in [0, 0.1) is 25.2 Å². The van der Waals surface area contributed by atoms with Gasteiger partial charge in [0.1, 0.15) is 16.6 Å². The first-order valence-corrected chi connectivity index (χ1v) is 13.3. The zero-order valence-corrected chi connectivity index (χ0v) is 22.8. The fourth-order valence-corrected chi connectivity index (χ4v) is 4.93. The van der Waals surface area contributed by atoms with Gasteiger partial charge in [-0.2, -0.15) is 5.26 Å². The second kappa shape index (κ2) is 13.9. The smallest absolute Gasteiger partial charge is 0.116 e. The summed E-state index contributed by atoms with van der Waals surface area (Å²) in [5, 5.41) is 12.6. The third-order valence-electron chi connectivity index (χ3n) is 6.76. The molecule has 7 heteroatoms. The van der Waals surface area contributed by atoms with Crippen molar-refractivity contribution in [1.29, 1.82) is 5.26 Å². The lowest BCUT2D eigenvalue weighted by Gasteiger charge is -2.26. The van der Waals surface area contributed by atoms with Crippen LogP contribution in [0.15, 0.2) is 59.8 Å². The fourth-order valence-electron chi connectivity index (χ4n) is 4.74. The first-order chi connectivity index (χ1) is 17.4. The molecule has 0 atom stereocenters. The number of hydrogen-bond donors (Lipinski definition) is 2. The van der Waals surface area contributed by atoms with Crippen LogP contribution in [0.1, 0.15) is 30.9 Å². The zero-order chi connectivity index (χ0) is 25.9. The van der Waals surface area contributed by atoms with Gasteiger partial charge in [0.2, 0.25) is 0 Å². The molecule has 2 aromatic carbocycles. The number of nitriles is 1. The average Bonchev–Trinajstić information content (AvgIpc) is 3.28. The van der Waals surface area contributed by atoms with Crippen molar-refractivity contribution < 1.29 is 0 Å². The average molecular weight is 505 g/mol. The van der Waals surface area contributed by atoms with Gasteiger partial charge < -0.3 is 25.8 Å². The maximum atomic E-state index is 9.22. The minimum atomic E-state index is 0.180. The molecule has 3 N–H and O–H groups in total. The summed E-state index contributed by atoms with van der Waals surface area (Å²) in [7, 11) is 0. The number of anilines is 2. The van der Waals surface area contributed by atoms with Crippen molar-refractivity contribution in [2.75, 3.05) is 62.2 Å². The molecule has 0 saturated carbocycles. The number of allylic oxidation sites excluding steroid dienone is 1. The number of aryl methyl sites for hydroxylation is 2. The lowest BCUT2D eigenvalue weighted by Crippen LogP contribution is -2.31. The van der Waals surface area contributed by atoms with Crippen molar-refractivity contribution in [3.63, 3.8) is 0 Å². The third kappa shape index (κ3) is 7.97. The molecule has 36 heavy (non-hydrogen) atoms. The molecule has 2 fully saturated rings. The Balaban J connectivity index is 0.000000221. The van der Waals surface area contributed by atoms with Gasteiger partial charge >= 0.3 is 0 Å². The van der Waals surface area contributed by atoms with Crippen LogP contribution in [0.2, 0.25) is 0 Å². The summed E-state index contributed by atoms with van der Waals surface area (Å²) in [5.41, 5.74) is 12.2. The summed E-state index contributed by atoms with van der Waals surface area (Å²) in [6, 6.07) is 19.5. The Hall–Kier alpha value is -3.08. The molecule has 192 valence electrons. The van der Waals surface area contributed by atoms with Gasteiger partial charge in [0.05, 0.1) is 0 Å². The van der Waals surface area contributed by atoms with E-state index in [4.69, 9.17) is 18.0 Å². The van der Waals surface area contributed by atoms with Crippen molar-refractivity contribution in [3.8, 4) is 6.07 Å². The quantitative estimate of drug-likeness (QED) is 0.364. The molecule has 2 heterocycles. The lowest BCUT2D eigenvalue weighted by atomic mass is 10.2. The van der Waals surface area contributed by atoms with Crippen molar-refractivity contribution in [2.45, 2.75) is 33.6 Å². The SMILES string of the molecule is C/C(=C(\C#N)C(N)=S)N1CCCN(c2cccc(C)c2)CC1.Cc1cccc(N2CCCNCC2)c1. The number of nitrogens with one attached hydrogen (secondary N) is 1. The Kier molecular flexibility index (Phi) is 10.6. The van der Waals surface area contributed by atoms with E-state index in [0.717, 1.165) is 57.9 Å². The molecule has 0 bridgehead atoms. The summed E-state index contributed by atoms with van der Waals surface area (Å²) in [6.45, 7) is 14.5. The number of nitrogens with two attached hydrogens (primary N) is 1. The van der Waals surface area contributed by atoms with Gasteiger partial charge in [-0.1, -0.05) is 36.5 Å². The Bertz CT molecular complexity index is 1080. The van der Waals surface area contributed by atoms with Gasteiger partial charge in [0.15, 0.2) is 0 Å². The van der Waals surface area contributed by atoms with E-state index in [9.17, 15) is 5.26 Å². The van der Waals surface area contributed by atoms with Gasteiger partial charge in [-0.15, -0.1) is 0 Å². The van der Waals surface area contributed by atoms with Crippen LogP contribution < -0.4 is 20.9 Å². The van der Waals surface area contributed by atoms with E-state index in [1.54, 1.807) is 0 Å². The molecule has 2 aliphatic heterocycles. The second-order valence-electron chi connectivity index (χ2n) is 9.53. The summed E-state index contributed by atoms with van der Waals surface area (Å²) in [5.74, 6) is 0. The second-order valence-corrected chi connectivity index (χ2v) is 9.97. The van der Waals surface area contributed by atoms with Gasteiger partial charge in [0.25, 0.3) is 0 Å². The summed E-state index contributed by atoms with van der Waals surface area (Å²) in [6.07, 6.45) is 2.29. The van der Waals surface area contributed by atoms with E-state index >= 15 is 0 Å². The molecule has 0 spiro atoms. The lowest BCUT2D eigenvalue weighted by molar-refractivity contribution is 0.369. The largest absolute Gasteiger partial charge is 0.389 e. The van der Waals surface area contributed by atoms with Crippen LogP contribution >= 0.6 is 12.2 Å². The maximum Gasteiger partial charge on any atom is 0.116 e. The standard InChI is InChI=1S/C17H22N4S.C12H18N2/c1-13-5-3-6-15(11-13)21-8-4-7-20(9-10-21)14(2)16(12-18)17(19)22;1-11-4-2-5-12(10-11)14-8-3-6-13-7-9-14/h3,5-6,11H,4,7-10H2,1-2H3,(H2,19,22);2,4-5,10,13H,3,6-9H2,1H3/b16-14-;. The Morgan fingerprint density at radius 3 is 2.06 bits per heavy atom. The van der Waals surface area contributed by atoms with Crippen LogP contribution in [-0.4, -0.2) is 62.2 Å². The van der Waals surface area contributed by atoms with Crippen LogP contribution in [0.25, 0.3) is 0 Å². The van der Waals surface area contributed by atoms with Crippen molar-refractivity contribution in [1.82, 2.24) is 10.2 Å². The predicted octanol–water partition coefficient (Wildman–Crippen LogP) is 4.39. The first-order valence-electron chi connectivity index (χ1n) is 12.9. The molecule has 0 aliphatic carbocycles. The highest BCUT2D eigenvalue weighted by Gasteiger charge is 2.18. The van der Waals surface area contributed by atoms with E-state index in [2.05, 4.69) is 88.5 Å². The first kappa shape index (κ1) is 27.5. The van der Waals surface area contributed by atoms with Gasteiger partial charge in [-0.05, 0) is 75.5 Å². The Morgan fingerprint density at radius 1 is 0.861 bits per heavy atom. The third-order valence-corrected chi connectivity index (χ3v) is 6.97. The molecule has 0 unspecified atom stereocenters. The van der Waals surface area contributed by atoms with Crippen molar-refractivity contribution in [2.24, 2.45) is 5.73 Å². The number of rotatable bonds is 4.